The van der Waals surface area contributed by atoms with E-state index >= 15 is 0 Å². The van der Waals surface area contributed by atoms with Crippen LogP contribution in [0.2, 0.25) is 0 Å². The first-order valence-corrected chi connectivity index (χ1v) is 5.99. The Hall–Kier alpha value is -2.61. The van der Waals surface area contributed by atoms with Gasteiger partial charge in [-0.3, -0.25) is 0 Å². The highest BCUT2D eigenvalue weighted by molar-refractivity contribution is 5.64. The molecule has 8 heteroatoms. The van der Waals surface area contributed by atoms with Gasteiger partial charge in [-0.05, 0) is 24.3 Å². The Labute approximate surface area is 123 Å². The lowest BCUT2D eigenvalue weighted by atomic mass is 10.2. The molecule has 0 radical (unpaired) electrons. The number of halogens is 4. The first-order chi connectivity index (χ1) is 10.4. The molecule has 1 aromatic heterocycles. The number of alkyl halides is 3. The van der Waals surface area contributed by atoms with Crippen LogP contribution in [-0.2, 0) is 11.0 Å². The van der Waals surface area contributed by atoms with Crippen LogP contribution in [0.5, 0.6) is 0 Å². The lowest BCUT2D eigenvalue weighted by Gasteiger charge is -2.13. The molecule has 116 valence electrons. The Balaban J connectivity index is 2.70. The zero-order chi connectivity index (χ0) is 16.3. The topological polar surface area (TPSA) is 53.1 Å². The van der Waals surface area contributed by atoms with Gasteiger partial charge in [0.05, 0.1) is 17.4 Å². The van der Waals surface area contributed by atoms with Crippen molar-refractivity contribution in [2.24, 2.45) is 5.90 Å². The van der Waals surface area contributed by atoms with E-state index in [1.165, 1.54) is 24.3 Å². The molecule has 0 spiro atoms. The van der Waals surface area contributed by atoms with Gasteiger partial charge in [0.2, 0.25) is 0 Å². The molecule has 0 amide bonds. The summed E-state index contributed by atoms with van der Waals surface area (Å²) in [7, 11) is 0. The molecule has 0 fully saturated rings. The van der Waals surface area contributed by atoms with Crippen LogP contribution in [0, 0.1) is 5.82 Å². The molecule has 2 rings (SSSR count). The molecule has 0 unspecified atom stereocenters. The van der Waals surface area contributed by atoms with E-state index in [1.807, 2.05) is 0 Å². The quantitative estimate of drug-likeness (QED) is 0.407. The van der Waals surface area contributed by atoms with Crippen LogP contribution in [0.4, 0.5) is 17.6 Å². The molecule has 0 atom stereocenters. The summed E-state index contributed by atoms with van der Waals surface area (Å²) in [5.41, 5.74) is -1.58. The standard InChI is InChI=1S/C14H11F4N3O/c1-2-4-12(22-19)11-8-20-21(13(11)14(16,17)18)10-6-3-5-9(15)7-10/h2-8H,1,19H2/b12-4-. The maximum atomic E-state index is 13.4. The molecule has 0 aliphatic rings. The van der Waals surface area contributed by atoms with Gasteiger partial charge in [0, 0.05) is 0 Å². The third kappa shape index (κ3) is 3.01. The fraction of sp³-hybridized carbons (Fsp3) is 0.0714. The molecule has 0 bridgehead atoms. The second-order valence-corrected chi connectivity index (χ2v) is 4.18. The molecule has 1 aromatic carbocycles. The Kier molecular flexibility index (Phi) is 4.32. The van der Waals surface area contributed by atoms with Crippen LogP contribution in [-0.4, -0.2) is 9.78 Å². The van der Waals surface area contributed by atoms with Crippen molar-refractivity contribution >= 4 is 5.76 Å². The van der Waals surface area contributed by atoms with Gasteiger partial charge in [-0.2, -0.15) is 24.2 Å². The fourth-order valence-electron chi connectivity index (χ4n) is 1.90. The maximum Gasteiger partial charge on any atom is 0.434 e. The summed E-state index contributed by atoms with van der Waals surface area (Å²) in [6.45, 7) is 3.37. The number of allylic oxidation sites excluding steroid dienone is 2. The van der Waals surface area contributed by atoms with E-state index in [0.29, 0.717) is 4.68 Å². The average molecular weight is 313 g/mol. The monoisotopic (exact) mass is 313 g/mol. The normalized spacial score (nSPS) is 12.3. The van der Waals surface area contributed by atoms with Crippen LogP contribution in [0.15, 0.2) is 49.2 Å². The zero-order valence-corrected chi connectivity index (χ0v) is 11.1. The summed E-state index contributed by atoms with van der Waals surface area (Å²) in [4.78, 5) is 4.45. The second kappa shape index (κ2) is 6.02. The zero-order valence-electron chi connectivity index (χ0n) is 11.1. The van der Waals surface area contributed by atoms with E-state index < -0.39 is 17.7 Å². The van der Waals surface area contributed by atoms with Gasteiger partial charge in [-0.1, -0.05) is 18.7 Å². The first kappa shape index (κ1) is 15.8. The molecule has 0 aliphatic carbocycles. The number of nitrogens with two attached hydrogens (primary N) is 1. The average Bonchev–Trinajstić information content (AvgIpc) is 2.89. The predicted octanol–water partition coefficient (Wildman–Crippen LogP) is 3.45. The van der Waals surface area contributed by atoms with Gasteiger partial charge in [0.1, 0.15) is 5.82 Å². The van der Waals surface area contributed by atoms with Gasteiger partial charge in [-0.25, -0.2) is 9.07 Å². The Morgan fingerprint density at radius 1 is 1.36 bits per heavy atom. The van der Waals surface area contributed by atoms with E-state index in [9.17, 15) is 17.6 Å². The van der Waals surface area contributed by atoms with Crippen molar-refractivity contribution in [3.05, 3.63) is 66.3 Å². The lowest BCUT2D eigenvalue weighted by Crippen LogP contribution is -2.16. The lowest BCUT2D eigenvalue weighted by molar-refractivity contribution is -0.143. The summed E-state index contributed by atoms with van der Waals surface area (Å²) in [6, 6.07) is 4.64. The molecule has 2 N–H and O–H groups in total. The van der Waals surface area contributed by atoms with Gasteiger partial charge < -0.3 is 4.84 Å². The van der Waals surface area contributed by atoms with Crippen LogP contribution in [0.25, 0.3) is 11.4 Å². The highest BCUT2D eigenvalue weighted by atomic mass is 19.4. The van der Waals surface area contributed by atoms with Crippen molar-refractivity contribution in [3.8, 4) is 5.69 Å². The molecule has 2 aromatic rings. The Morgan fingerprint density at radius 2 is 2.09 bits per heavy atom. The number of hydrogen-bond donors (Lipinski definition) is 1. The third-order valence-electron chi connectivity index (χ3n) is 2.75. The minimum Gasteiger partial charge on any atom is -0.411 e. The summed E-state index contributed by atoms with van der Waals surface area (Å²) in [6.07, 6.45) is -1.42. The smallest absolute Gasteiger partial charge is 0.411 e. The minimum absolute atomic E-state index is 0.0754. The first-order valence-electron chi connectivity index (χ1n) is 5.99. The Bertz CT molecular complexity index is 719. The summed E-state index contributed by atoms with van der Waals surface area (Å²) in [5.74, 6) is 4.05. The number of rotatable bonds is 4. The molecule has 1 heterocycles. The number of nitrogens with zero attached hydrogens (tertiary/aromatic N) is 2. The van der Waals surface area contributed by atoms with Crippen LogP contribution in [0.3, 0.4) is 0 Å². The van der Waals surface area contributed by atoms with E-state index in [0.717, 1.165) is 18.3 Å². The van der Waals surface area contributed by atoms with Crippen molar-refractivity contribution in [1.82, 2.24) is 9.78 Å². The summed E-state index contributed by atoms with van der Waals surface area (Å²) < 4.78 is 53.9. The summed E-state index contributed by atoms with van der Waals surface area (Å²) >= 11 is 0. The number of aromatic nitrogens is 2. The number of hydrogen-bond acceptors (Lipinski definition) is 3. The maximum absolute atomic E-state index is 13.4. The van der Waals surface area contributed by atoms with Crippen LogP contribution < -0.4 is 5.90 Å². The highest BCUT2D eigenvalue weighted by Gasteiger charge is 2.40. The predicted molar refractivity (Wildman–Crippen MR) is 72.0 cm³/mol. The van der Waals surface area contributed by atoms with Crippen LogP contribution in [0.1, 0.15) is 11.3 Å². The molecule has 0 saturated carbocycles. The van der Waals surface area contributed by atoms with Crippen molar-refractivity contribution in [1.29, 1.82) is 0 Å². The van der Waals surface area contributed by atoms with Gasteiger partial charge in [0.15, 0.2) is 11.5 Å². The largest absolute Gasteiger partial charge is 0.434 e. The van der Waals surface area contributed by atoms with Gasteiger partial charge in [0.25, 0.3) is 0 Å². The van der Waals surface area contributed by atoms with E-state index in [1.54, 1.807) is 0 Å². The van der Waals surface area contributed by atoms with E-state index in [4.69, 9.17) is 5.90 Å². The molecule has 4 nitrogen and oxygen atoms in total. The van der Waals surface area contributed by atoms with Crippen molar-refractivity contribution in [2.45, 2.75) is 6.18 Å². The third-order valence-corrected chi connectivity index (χ3v) is 2.75. The molecule has 0 aliphatic heterocycles. The number of benzene rings is 1. The van der Waals surface area contributed by atoms with Gasteiger partial charge >= 0.3 is 6.18 Å². The Morgan fingerprint density at radius 3 is 2.64 bits per heavy atom. The van der Waals surface area contributed by atoms with Crippen molar-refractivity contribution in [3.63, 3.8) is 0 Å². The fourth-order valence-corrected chi connectivity index (χ4v) is 1.90. The highest BCUT2D eigenvalue weighted by Crippen LogP contribution is 2.36. The minimum atomic E-state index is -4.75. The van der Waals surface area contributed by atoms with E-state index in [2.05, 4.69) is 16.5 Å². The van der Waals surface area contributed by atoms with Crippen molar-refractivity contribution < 1.29 is 22.4 Å². The molecule has 22 heavy (non-hydrogen) atoms. The SMILES string of the molecule is C=C/C=C(\ON)c1cnn(-c2cccc(F)c2)c1C(F)(F)F. The molecule has 0 saturated heterocycles. The van der Waals surface area contributed by atoms with Gasteiger partial charge in [-0.15, -0.1) is 0 Å². The van der Waals surface area contributed by atoms with Crippen molar-refractivity contribution in [2.75, 3.05) is 0 Å². The summed E-state index contributed by atoms with van der Waals surface area (Å²) in [5, 5.41) is 3.66. The van der Waals surface area contributed by atoms with E-state index in [-0.39, 0.29) is 17.0 Å². The van der Waals surface area contributed by atoms with Crippen LogP contribution >= 0.6 is 0 Å². The molecular formula is C14H11F4N3O. The second-order valence-electron chi connectivity index (χ2n) is 4.18. The molecular weight excluding hydrogens is 302 g/mol.